The molecular formula is C38H34N2O5S. The number of thiophene rings is 1. The maximum absolute atomic E-state index is 13.1. The molecule has 0 aliphatic heterocycles. The van der Waals surface area contributed by atoms with Crippen LogP contribution in [0.2, 0.25) is 0 Å². The van der Waals surface area contributed by atoms with Crippen LogP contribution < -0.4 is 15.0 Å². The van der Waals surface area contributed by atoms with Crippen molar-refractivity contribution in [2.24, 2.45) is 0 Å². The van der Waals surface area contributed by atoms with Crippen molar-refractivity contribution in [3.05, 3.63) is 154 Å². The van der Waals surface area contributed by atoms with E-state index in [1.165, 1.54) is 0 Å². The van der Waals surface area contributed by atoms with E-state index in [1.807, 2.05) is 83.6 Å². The van der Waals surface area contributed by atoms with Gasteiger partial charge in [-0.3, -0.25) is 9.59 Å². The van der Waals surface area contributed by atoms with Crippen LogP contribution >= 0.6 is 11.3 Å². The smallest absolute Gasteiger partial charge is 0.326 e. The first kappa shape index (κ1) is 31.9. The minimum atomic E-state index is -1.02. The number of rotatable bonds is 15. The maximum Gasteiger partial charge on any atom is 0.326 e. The number of amides is 1. The third-order valence-electron chi connectivity index (χ3n) is 7.29. The number of nitrogens with zero attached hydrogens (tertiary/aromatic N) is 1. The second-order valence-corrected chi connectivity index (χ2v) is 11.3. The molecule has 0 aliphatic carbocycles. The topological polar surface area (TPSA) is 95.9 Å². The molecule has 0 fully saturated rings. The summed E-state index contributed by atoms with van der Waals surface area (Å²) < 4.78 is 5.95. The lowest BCUT2D eigenvalue weighted by Gasteiger charge is -2.21. The molecule has 5 aromatic rings. The number of anilines is 2. The number of nitrogens with one attached hydrogen (secondary N) is 1. The maximum atomic E-state index is 13.1. The lowest BCUT2D eigenvalue weighted by molar-refractivity contribution is -0.137. The molecule has 0 saturated heterocycles. The second-order valence-electron chi connectivity index (χ2n) is 10.5. The monoisotopic (exact) mass is 630 g/mol. The summed E-state index contributed by atoms with van der Waals surface area (Å²) in [4.78, 5) is 40.1. The number of aliphatic carboxylic acids is 1. The Bertz CT molecular complexity index is 1750. The van der Waals surface area contributed by atoms with Crippen molar-refractivity contribution in [3.8, 4) is 5.75 Å². The number of para-hydroxylation sites is 2. The first-order valence-electron chi connectivity index (χ1n) is 14.9. The number of hydrogen-bond donors (Lipinski definition) is 2. The molecule has 46 heavy (non-hydrogen) atoms. The van der Waals surface area contributed by atoms with Gasteiger partial charge in [0.05, 0.1) is 6.61 Å². The van der Waals surface area contributed by atoms with Gasteiger partial charge in [0.2, 0.25) is 0 Å². The van der Waals surface area contributed by atoms with E-state index in [1.54, 1.807) is 70.8 Å². The third-order valence-corrected chi connectivity index (χ3v) is 7.99. The van der Waals surface area contributed by atoms with Crippen LogP contribution in [0.5, 0.6) is 5.75 Å². The molecule has 0 spiro atoms. The normalized spacial score (nSPS) is 11.6. The molecule has 1 aromatic heterocycles. The fourth-order valence-electron chi connectivity index (χ4n) is 4.91. The van der Waals surface area contributed by atoms with Gasteiger partial charge >= 0.3 is 5.97 Å². The molecule has 5 rings (SSSR count). The van der Waals surface area contributed by atoms with Gasteiger partial charge in [-0.05, 0) is 76.8 Å². The van der Waals surface area contributed by atoms with Crippen molar-refractivity contribution >= 4 is 46.4 Å². The summed E-state index contributed by atoms with van der Waals surface area (Å²) in [6.07, 6.45) is 4.23. The largest absolute Gasteiger partial charge is 0.494 e. The van der Waals surface area contributed by atoms with Crippen molar-refractivity contribution in [1.29, 1.82) is 0 Å². The molecule has 0 radical (unpaired) electrons. The van der Waals surface area contributed by atoms with Crippen LogP contribution in [-0.4, -0.2) is 42.0 Å². The van der Waals surface area contributed by atoms with E-state index in [0.29, 0.717) is 42.1 Å². The number of ether oxygens (including phenoxy) is 1. The average molecular weight is 631 g/mol. The number of benzene rings is 4. The SMILES string of the molecule is O=C(c1ccccc1)c1ccccc1N[C@@H](Cc1ccc(OCCCN(C(=O)/C=C/c2ccsc2)c2ccccc2)cc1)C(=O)O. The number of hydrogen-bond acceptors (Lipinski definition) is 6. The Labute approximate surface area is 272 Å². The van der Waals surface area contributed by atoms with Crippen LogP contribution in [0, 0.1) is 0 Å². The number of carbonyl (C=O) groups is 3. The van der Waals surface area contributed by atoms with Crippen molar-refractivity contribution in [2.45, 2.75) is 18.9 Å². The van der Waals surface area contributed by atoms with E-state index in [-0.39, 0.29) is 18.1 Å². The van der Waals surface area contributed by atoms with Gasteiger partial charge in [-0.25, -0.2) is 4.79 Å². The highest BCUT2D eigenvalue weighted by Crippen LogP contribution is 2.22. The minimum absolute atomic E-state index is 0.101. The number of carboxylic acids is 1. The first-order chi connectivity index (χ1) is 22.5. The van der Waals surface area contributed by atoms with Crippen LogP contribution in [0.4, 0.5) is 11.4 Å². The summed E-state index contributed by atoms with van der Waals surface area (Å²) in [5.41, 5.74) is 4.03. The van der Waals surface area contributed by atoms with Gasteiger partial charge in [-0.15, -0.1) is 0 Å². The Morgan fingerprint density at radius 2 is 1.54 bits per heavy atom. The Balaban J connectivity index is 1.16. The molecule has 0 saturated carbocycles. The van der Waals surface area contributed by atoms with Gasteiger partial charge in [-0.2, -0.15) is 11.3 Å². The number of ketones is 1. The van der Waals surface area contributed by atoms with E-state index in [2.05, 4.69) is 5.32 Å². The first-order valence-corrected chi connectivity index (χ1v) is 15.9. The standard InChI is InChI=1S/C38H34N2O5S/c41-36(21-18-29-22-25-46-27-29)40(31-12-5-2-6-13-31)23-9-24-45-32-19-16-28(17-20-32)26-35(38(43)44)39-34-15-8-7-14-33(34)37(42)30-10-3-1-4-11-30/h1-8,10-22,25,27,35,39H,9,23-24,26H2,(H,43,44)/b21-18+/t35-/m0/s1. The molecule has 232 valence electrons. The minimum Gasteiger partial charge on any atom is -0.494 e. The van der Waals surface area contributed by atoms with Crippen LogP contribution in [0.1, 0.15) is 33.5 Å². The average Bonchev–Trinajstić information content (AvgIpc) is 3.62. The van der Waals surface area contributed by atoms with Crippen molar-refractivity contribution in [1.82, 2.24) is 0 Å². The van der Waals surface area contributed by atoms with Crippen LogP contribution in [0.25, 0.3) is 6.08 Å². The van der Waals surface area contributed by atoms with E-state index < -0.39 is 12.0 Å². The molecule has 0 unspecified atom stereocenters. The molecular weight excluding hydrogens is 596 g/mol. The second kappa shape index (κ2) is 16.0. The summed E-state index contributed by atoms with van der Waals surface area (Å²) in [5.74, 6) is -0.655. The lowest BCUT2D eigenvalue weighted by atomic mass is 10.00. The zero-order chi connectivity index (χ0) is 32.1. The zero-order valence-corrected chi connectivity index (χ0v) is 25.9. The predicted octanol–water partition coefficient (Wildman–Crippen LogP) is 7.60. The van der Waals surface area contributed by atoms with Gasteiger partial charge in [-0.1, -0.05) is 72.8 Å². The van der Waals surface area contributed by atoms with Gasteiger partial charge in [0, 0.05) is 41.5 Å². The Morgan fingerprint density at radius 3 is 2.24 bits per heavy atom. The van der Waals surface area contributed by atoms with Gasteiger partial charge in [0.15, 0.2) is 5.78 Å². The van der Waals surface area contributed by atoms with E-state index >= 15 is 0 Å². The highest BCUT2D eigenvalue weighted by Gasteiger charge is 2.21. The van der Waals surface area contributed by atoms with E-state index in [4.69, 9.17) is 4.74 Å². The molecule has 4 aromatic carbocycles. The van der Waals surface area contributed by atoms with Crippen LogP contribution in [0.15, 0.2) is 132 Å². The van der Waals surface area contributed by atoms with Gasteiger partial charge < -0.3 is 20.1 Å². The summed E-state index contributed by atoms with van der Waals surface area (Å²) in [5, 5.41) is 17.0. The molecule has 8 heteroatoms. The van der Waals surface area contributed by atoms with Crippen molar-refractivity contribution in [3.63, 3.8) is 0 Å². The number of carbonyl (C=O) groups excluding carboxylic acids is 2. The third kappa shape index (κ3) is 8.80. The summed E-state index contributed by atoms with van der Waals surface area (Å²) in [6.45, 7) is 0.880. The Hall–Kier alpha value is -5.47. The molecule has 0 bridgehead atoms. The molecule has 1 amide bonds. The molecule has 1 atom stereocenters. The van der Waals surface area contributed by atoms with Gasteiger partial charge in [0.25, 0.3) is 5.91 Å². The highest BCUT2D eigenvalue weighted by molar-refractivity contribution is 7.08. The Morgan fingerprint density at radius 1 is 0.848 bits per heavy atom. The molecule has 1 heterocycles. The molecule has 7 nitrogen and oxygen atoms in total. The summed E-state index contributed by atoms with van der Waals surface area (Å²) in [7, 11) is 0. The summed E-state index contributed by atoms with van der Waals surface area (Å²) in [6, 6.07) is 33.7. The summed E-state index contributed by atoms with van der Waals surface area (Å²) >= 11 is 1.58. The molecule has 2 N–H and O–H groups in total. The van der Waals surface area contributed by atoms with Crippen molar-refractivity contribution < 1.29 is 24.2 Å². The zero-order valence-electron chi connectivity index (χ0n) is 25.1. The highest BCUT2D eigenvalue weighted by atomic mass is 32.1. The number of carboxylic acid groups (broad SMARTS) is 1. The lowest BCUT2D eigenvalue weighted by Crippen LogP contribution is -2.32. The Kier molecular flexibility index (Phi) is 11.1. The fourth-order valence-corrected chi connectivity index (χ4v) is 5.54. The van der Waals surface area contributed by atoms with E-state index in [0.717, 1.165) is 16.8 Å². The van der Waals surface area contributed by atoms with Crippen LogP contribution in [-0.2, 0) is 16.0 Å². The molecule has 0 aliphatic rings. The van der Waals surface area contributed by atoms with E-state index in [9.17, 15) is 19.5 Å². The van der Waals surface area contributed by atoms with Crippen LogP contribution in [0.3, 0.4) is 0 Å². The van der Waals surface area contributed by atoms with Crippen molar-refractivity contribution in [2.75, 3.05) is 23.4 Å². The fraction of sp³-hybridized carbons (Fsp3) is 0.132. The predicted molar refractivity (Wildman–Crippen MR) is 184 cm³/mol. The quantitative estimate of drug-likeness (QED) is 0.0703. The van der Waals surface area contributed by atoms with Gasteiger partial charge in [0.1, 0.15) is 11.8 Å².